The molecule has 0 aliphatic carbocycles. The average Bonchev–Trinajstić information content (AvgIpc) is 2.85. The maximum Gasteiger partial charge on any atom is 0.315 e. The van der Waals surface area contributed by atoms with Gasteiger partial charge in [-0.15, -0.1) is 23.5 Å². The van der Waals surface area contributed by atoms with E-state index in [2.05, 4.69) is 0 Å². The van der Waals surface area contributed by atoms with Gasteiger partial charge in [0.25, 0.3) is 0 Å². The lowest BCUT2D eigenvalue weighted by Crippen LogP contribution is -2.25. The minimum absolute atomic E-state index is 0.166. The third-order valence-electron chi connectivity index (χ3n) is 4.73. The number of para-hydroxylation sites is 1. The summed E-state index contributed by atoms with van der Waals surface area (Å²) >= 11 is 2.74. The largest absolute Gasteiger partial charge is 0.489 e. The molecule has 184 valence electrons. The molecule has 0 fully saturated rings. The normalized spacial score (nSPS) is 12.3. The minimum Gasteiger partial charge on any atom is -0.489 e. The number of carbonyl (C=O) groups is 3. The van der Waals surface area contributed by atoms with E-state index in [9.17, 15) is 14.4 Å². The number of esters is 3. The topological polar surface area (TPSA) is 88.1 Å². The van der Waals surface area contributed by atoms with Crippen LogP contribution in [0.4, 0.5) is 0 Å². The van der Waals surface area contributed by atoms with Crippen molar-refractivity contribution in [2.45, 2.75) is 31.3 Å². The highest BCUT2D eigenvalue weighted by Crippen LogP contribution is 2.38. The number of ether oxygens (including phenoxy) is 4. The van der Waals surface area contributed by atoms with E-state index in [1.807, 2.05) is 54.6 Å². The smallest absolute Gasteiger partial charge is 0.315 e. The molecule has 2 atom stereocenters. The summed E-state index contributed by atoms with van der Waals surface area (Å²) in [6.07, 6.45) is 0.188. The van der Waals surface area contributed by atoms with Crippen LogP contribution in [0, 0.1) is 0 Å². The zero-order chi connectivity index (χ0) is 24.8. The molecule has 0 aliphatic heterocycles. The number of thioether (sulfide) groups is 2. The number of rotatable bonds is 14. The van der Waals surface area contributed by atoms with Gasteiger partial charge in [0.15, 0.2) is 5.44 Å². The summed E-state index contributed by atoms with van der Waals surface area (Å²) in [7, 11) is 2.68. The molecule has 7 nitrogen and oxygen atoms in total. The Morgan fingerprint density at radius 3 is 2.26 bits per heavy atom. The van der Waals surface area contributed by atoms with Crippen LogP contribution in [0.25, 0.3) is 0 Å². The highest BCUT2D eigenvalue weighted by molar-refractivity contribution is 8.00. The first-order valence-electron chi connectivity index (χ1n) is 10.7. The van der Waals surface area contributed by atoms with E-state index in [1.54, 1.807) is 0 Å². The molecular weight excluding hydrogens is 476 g/mol. The maximum absolute atomic E-state index is 11.9. The van der Waals surface area contributed by atoms with Crippen LogP contribution in [0.2, 0.25) is 0 Å². The third kappa shape index (κ3) is 9.69. The van der Waals surface area contributed by atoms with E-state index in [0.29, 0.717) is 23.9 Å². The molecule has 0 spiro atoms. The molecule has 9 heteroatoms. The first-order valence-corrected chi connectivity index (χ1v) is 12.9. The molecule has 0 radical (unpaired) electrons. The predicted molar refractivity (Wildman–Crippen MR) is 134 cm³/mol. The Morgan fingerprint density at radius 2 is 1.59 bits per heavy atom. The van der Waals surface area contributed by atoms with Crippen molar-refractivity contribution in [2.24, 2.45) is 0 Å². The van der Waals surface area contributed by atoms with Crippen molar-refractivity contribution in [1.29, 1.82) is 0 Å². The summed E-state index contributed by atoms with van der Waals surface area (Å²) in [4.78, 5) is 35.2. The fourth-order valence-corrected chi connectivity index (χ4v) is 5.38. The van der Waals surface area contributed by atoms with E-state index in [4.69, 9.17) is 18.9 Å². The van der Waals surface area contributed by atoms with E-state index < -0.39 is 11.4 Å². The van der Waals surface area contributed by atoms with Crippen molar-refractivity contribution in [3.05, 3.63) is 65.7 Å². The molecule has 2 aromatic rings. The first kappa shape index (κ1) is 27.6. The fraction of sp³-hybridized carbons (Fsp3) is 0.400. The summed E-state index contributed by atoms with van der Waals surface area (Å²) < 4.78 is 21.3. The Morgan fingerprint density at radius 1 is 0.912 bits per heavy atom. The zero-order valence-electron chi connectivity index (χ0n) is 19.6. The van der Waals surface area contributed by atoms with Gasteiger partial charge in [-0.3, -0.25) is 14.4 Å². The van der Waals surface area contributed by atoms with Crippen molar-refractivity contribution in [3.8, 4) is 5.75 Å². The van der Waals surface area contributed by atoms with Gasteiger partial charge in [0.05, 0.1) is 26.4 Å². The summed E-state index contributed by atoms with van der Waals surface area (Å²) in [6, 6.07) is 17.4. The minimum atomic E-state index is -0.589. The van der Waals surface area contributed by atoms with Crippen LogP contribution in [0.1, 0.15) is 30.4 Å². The van der Waals surface area contributed by atoms with Crippen molar-refractivity contribution in [2.75, 3.05) is 31.5 Å². The van der Waals surface area contributed by atoms with Crippen LogP contribution in [0.15, 0.2) is 54.6 Å². The number of benzene rings is 2. The van der Waals surface area contributed by atoms with Gasteiger partial charge in [0, 0.05) is 29.9 Å². The van der Waals surface area contributed by atoms with Crippen LogP contribution >= 0.6 is 23.5 Å². The Bertz CT molecular complexity index is 920. The molecule has 2 rings (SSSR count). The van der Waals surface area contributed by atoms with Crippen LogP contribution in [0.3, 0.4) is 0 Å². The molecular formula is C25H30O7S2. The molecule has 0 aliphatic rings. The van der Waals surface area contributed by atoms with Gasteiger partial charge in [0.1, 0.15) is 12.4 Å². The maximum atomic E-state index is 11.9. The van der Waals surface area contributed by atoms with E-state index >= 15 is 0 Å². The van der Waals surface area contributed by atoms with Crippen LogP contribution in [-0.4, -0.2) is 54.8 Å². The molecule has 2 unspecified atom stereocenters. The Kier molecular flexibility index (Phi) is 12.4. The van der Waals surface area contributed by atoms with E-state index in [0.717, 1.165) is 11.1 Å². The highest BCUT2D eigenvalue weighted by atomic mass is 32.2. The van der Waals surface area contributed by atoms with E-state index in [-0.39, 0.29) is 30.0 Å². The van der Waals surface area contributed by atoms with Crippen molar-refractivity contribution in [1.82, 2.24) is 0 Å². The summed E-state index contributed by atoms with van der Waals surface area (Å²) in [5, 5.41) is 0. The molecule has 0 saturated heterocycles. The lowest BCUT2D eigenvalue weighted by Gasteiger charge is -2.28. The fourth-order valence-electron chi connectivity index (χ4n) is 3.05. The van der Waals surface area contributed by atoms with E-state index in [1.165, 1.54) is 44.7 Å². The van der Waals surface area contributed by atoms with Gasteiger partial charge in [-0.05, 0) is 11.6 Å². The quantitative estimate of drug-likeness (QED) is 0.210. The molecule has 0 N–H and O–H groups in total. The second-order valence-corrected chi connectivity index (χ2v) is 9.42. The van der Waals surface area contributed by atoms with Gasteiger partial charge in [-0.25, -0.2) is 0 Å². The SMILES string of the molecule is COC(=O)CCSC(OC(C)=O)C(CSCC(=O)OC)c1ccccc1OCc1ccccc1. The van der Waals surface area contributed by atoms with Crippen molar-refractivity contribution >= 4 is 41.4 Å². The molecule has 0 bridgehead atoms. The van der Waals surface area contributed by atoms with Crippen LogP contribution in [-0.2, 0) is 35.2 Å². The predicted octanol–water partition coefficient (Wildman–Crippen LogP) is 4.44. The Labute approximate surface area is 208 Å². The van der Waals surface area contributed by atoms with Gasteiger partial charge >= 0.3 is 17.9 Å². The molecule has 0 saturated carbocycles. The first-order chi connectivity index (χ1) is 16.4. The molecule has 0 amide bonds. The molecule has 0 heterocycles. The second kappa shape index (κ2) is 15.3. The number of carbonyl (C=O) groups excluding carboxylic acids is 3. The number of hydrogen-bond donors (Lipinski definition) is 0. The summed E-state index contributed by atoms with van der Waals surface area (Å²) in [5.74, 6) is 0.326. The highest BCUT2D eigenvalue weighted by Gasteiger charge is 2.29. The van der Waals surface area contributed by atoms with Crippen molar-refractivity contribution < 1.29 is 33.3 Å². The number of methoxy groups -OCH3 is 2. The van der Waals surface area contributed by atoms with Gasteiger partial charge in [-0.2, -0.15) is 0 Å². The van der Waals surface area contributed by atoms with Crippen LogP contribution in [0.5, 0.6) is 5.75 Å². The van der Waals surface area contributed by atoms with Crippen molar-refractivity contribution in [3.63, 3.8) is 0 Å². The van der Waals surface area contributed by atoms with Crippen LogP contribution < -0.4 is 4.74 Å². The van der Waals surface area contributed by atoms with Gasteiger partial charge in [-0.1, -0.05) is 48.5 Å². The molecule has 34 heavy (non-hydrogen) atoms. The lowest BCUT2D eigenvalue weighted by atomic mass is 10.0. The standard InChI is InChI=1S/C25H30O7S2/c1-18(26)32-25(34-14-13-23(27)29-2)21(16-33-17-24(28)30-3)20-11-7-8-12-22(20)31-15-19-9-5-4-6-10-19/h4-12,21,25H,13-17H2,1-3H3. The molecule has 2 aromatic carbocycles. The van der Waals surface area contributed by atoms with Gasteiger partial charge < -0.3 is 18.9 Å². The summed E-state index contributed by atoms with van der Waals surface area (Å²) in [5.41, 5.74) is 1.29. The average molecular weight is 507 g/mol. The lowest BCUT2D eigenvalue weighted by molar-refractivity contribution is -0.143. The Hall–Kier alpha value is -2.65. The Balaban J connectivity index is 2.28. The summed E-state index contributed by atoms with van der Waals surface area (Å²) in [6.45, 7) is 1.73. The molecule has 0 aromatic heterocycles. The zero-order valence-corrected chi connectivity index (χ0v) is 21.2. The third-order valence-corrected chi connectivity index (χ3v) is 6.96. The second-order valence-electron chi connectivity index (χ2n) is 7.18. The number of hydrogen-bond acceptors (Lipinski definition) is 9. The monoisotopic (exact) mass is 506 g/mol. The van der Waals surface area contributed by atoms with Gasteiger partial charge in [0.2, 0.25) is 0 Å².